The number of fused-ring (bicyclic) bond motifs is 1. The van der Waals surface area contributed by atoms with Crippen molar-refractivity contribution in [1.29, 1.82) is 0 Å². The van der Waals surface area contributed by atoms with E-state index >= 15 is 0 Å². The van der Waals surface area contributed by atoms with Crippen molar-refractivity contribution in [3.8, 4) is 0 Å². The molecule has 0 spiro atoms. The zero-order valence-electron chi connectivity index (χ0n) is 9.28. The predicted molar refractivity (Wildman–Crippen MR) is 65.6 cm³/mol. The van der Waals surface area contributed by atoms with Gasteiger partial charge < -0.3 is 10.3 Å². The fourth-order valence-corrected chi connectivity index (χ4v) is 1.94. The second-order valence-electron chi connectivity index (χ2n) is 3.67. The molecule has 2 N–H and O–H groups in total. The molecule has 2 heterocycles. The Morgan fingerprint density at radius 2 is 2.31 bits per heavy atom. The molecule has 0 radical (unpaired) electrons. The molecule has 86 valence electrons. The van der Waals surface area contributed by atoms with Gasteiger partial charge in [-0.1, -0.05) is 18.5 Å². The number of aromatic nitrogens is 3. The number of halogens is 1. The molecule has 0 saturated heterocycles. The van der Waals surface area contributed by atoms with Gasteiger partial charge in [-0.3, -0.25) is 0 Å². The van der Waals surface area contributed by atoms with E-state index in [4.69, 9.17) is 17.3 Å². The summed E-state index contributed by atoms with van der Waals surface area (Å²) in [6.45, 7) is 3.63. The summed E-state index contributed by atoms with van der Waals surface area (Å²) in [5.41, 5.74) is 7.29. The number of hydrogen-bond acceptors (Lipinski definition) is 3. The lowest BCUT2D eigenvalue weighted by Crippen LogP contribution is -2.08. The summed E-state index contributed by atoms with van der Waals surface area (Å²) in [7, 11) is 0. The van der Waals surface area contributed by atoms with Crippen LogP contribution in [0.15, 0.2) is 12.3 Å². The number of imidazole rings is 1. The van der Waals surface area contributed by atoms with E-state index in [-0.39, 0.29) is 0 Å². The van der Waals surface area contributed by atoms with Crippen LogP contribution in [0.1, 0.15) is 19.2 Å². The molecule has 0 amide bonds. The molecule has 16 heavy (non-hydrogen) atoms. The van der Waals surface area contributed by atoms with Crippen LogP contribution >= 0.6 is 11.6 Å². The van der Waals surface area contributed by atoms with Crippen LogP contribution in [0, 0.1) is 0 Å². The van der Waals surface area contributed by atoms with E-state index < -0.39 is 0 Å². The fraction of sp³-hybridized carbons (Fsp3) is 0.455. The summed E-state index contributed by atoms with van der Waals surface area (Å²) in [6, 6.07) is 1.85. The molecule has 2 aromatic rings. The molecule has 0 unspecified atom stereocenters. The zero-order chi connectivity index (χ0) is 11.5. The Morgan fingerprint density at radius 3 is 3.00 bits per heavy atom. The van der Waals surface area contributed by atoms with Crippen LogP contribution in [-0.2, 0) is 13.0 Å². The first-order chi connectivity index (χ1) is 7.76. The maximum atomic E-state index is 5.90. The van der Waals surface area contributed by atoms with Gasteiger partial charge in [0.15, 0.2) is 5.65 Å². The van der Waals surface area contributed by atoms with Crippen LogP contribution < -0.4 is 5.73 Å². The lowest BCUT2D eigenvalue weighted by atomic mass is 10.4. The summed E-state index contributed by atoms with van der Waals surface area (Å²) < 4.78 is 2.12. The first-order valence-corrected chi connectivity index (χ1v) is 5.84. The Morgan fingerprint density at radius 1 is 1.50 bits per heavy atom. The van der Waals surface area contributed by atoms with Gasteiger partial charge in [0.25, 0.3) is 0 Å². The molecule has 2 aromatic heterocycles. The van der Waals surface area contributed by atoms with Gasteiger partial charge in [-0.05, 0) is 19.0 Å². The van der Waals surface area contributed by atoms with Gasteiger partial charge in [-0.2, -0.15) is 0 Å². The molecule has 0 atom stereocenters. The van der Waals surface area contributed by atoms with Crippen molar-refractivity contribution >= 4 is 22.8 Å². The number of nitrogens with zero attached hydrogens (tertiary/aromatic N) is 3. The highest BCUT2D eigenvalue weighted by Gasteiger charge is 2.10. The molecular formula is C11H15ClN4. The molecule has 0 aliphatic carbocycles. The SMILES string of the molecule is CCc1nc2cc(Cl)cnc2n1CCCN. The summed E-state index contributed by atoms with van der Waals surface area (Å²) in [6.07, 6.45) is 3.48. The van der Waals surface area contributed by atoms with Crippen molar-refractivity contribution in [3.63, 3.8) is 0 Å². The quantitative estimate of drug-likeness (QED) is 0.887. The third-order valence-corrected chi connectivity index (χ3v) is 2.74. The number of nitrogens with two attached hydrogens (primary N) is 1. The Bertz CT molecular complexity index is 492. The van der Waals surface area contributed by atoms with Crippen LogP contribution in [0.25, 0.3) is 11.2 Å². The summed E-state index contributed by atoms with van der Waals surface area (Å²) >= 11 is 5.90. The van der Waals surface area contributed by atoms with Gasteiger partial charge in [0.2, 0.25) is 0 Å². The molecule has 5 heteroatoms. The molecule has 4 nitrogen and oxygen atoms in total. The molecule has 0 aromatic carbocycles. The average Bonchev–Trinajstić information content (AvgIpc) is 2.63. The molecule has 0 aliphatic rings. The first-order valence-electron chi connectivity index (χ1n) is 5.47. The van der Waals surface area contributed by atoms with Crippen LogP contribution in [-0.4, -0.2) is 21.1 Å². The highest BCUT2D eigenvalue weighted by molar-refractivity contribution is 6.31. The highest BCUT2D eigenvalue weighted by Crippen LogP contribution is 2.18. The van der Waals surface area contributed by atoms with E-state index in [2.05, 4.69) is 21.5 Å². The Labute approximate surface area is 99.4 Å². The molecule has 0 aliphatic heterocycles. The van der Waals surface area contributed by atoms with Gasteiger partial charge in [0, 0.05) is 19.2 Å². The summed E-state index contributed by atoms with van der Waals surface area (Å²) in [4.78, 5) is 8.85. The molecule has 0 fully saturated rings. The lowest BCUT2D eigenvalue weighted by Gasteiger charge is -2.05. The summed E-state index contributed by atoms with van der Waals surface area (Å²) in [5, 5.41) is 0.624. The average molecular weight is 239 g/mol. The fourth-order valence-electron chi connectivity index (χ4n) is 1.79. The van der Waals surface area contributed by atoms with Crippen molar-refractivity contribution in [2.75, 3.05) is 6.54 Å². The zero-order valence-corrected chi connectivity index (χ0v) is 10.0. The molecule has 0 bridgehead atoms. The largest absolute Gasteiger partial charge is 0.330 e. The maximum absolute atomic E-state index is 5.90. The maximum Gasteiger partial charge on any atom is 0.160 e. The topological polar surface area (TPSA) is 56.7 Å². The minimum Gasteiger partial charge on any atom is -0.330 e. The molecule has 0 saturated carbocycles. The van der Waals surface area contributed by atoms with Crippen LogP contribution in [0.3, 0.4) is 0 Å². The van der Waals surface area contributed by atoms with Gasteiger partial charge in [-0.15, -0.1) is 0 Å². The highest BCUT2D eigenvalue weighted by atomic mass is 35.5. The van der Waals surface area contributed by atoms with E-state index in [1.165, 1.54) is 0 Å². The van der Waals surface area contributed by atoms with Crippen molar-refractivity contribution in [2.45, 2.75) is 26.3 Å². The van der Waals surface area contributed by atoms with Gasteiger partial charge in [0.05, 0.1) is 5.02 Å². The van der Waals surface area contributed by atoms with E-state index in [1.807, 2.05) is 6.07 Å². The van der Waals surface area contributed by atoms with Gasteiger partial charge >= 0.3 is 0 Å². The van der Waals surface area contributed by atoms with E-state index in [0.717, 1.165) is 36.4 Å². The van der Waals surface area contributed by atoms with Crippen LogP contribution in [0.5, 0.6) is 0 Å². The second-order valence-corrected chi connectivity index (χ2v) is 4.11. The Balaban J connectivity index is 2.50. The Kier molecular flexibility index (Phi) is 3.41. The van der Waals surface area contributed by atoms with Crippen LogP contribution in [0.4, 0.5) is 0 Å². The monoisotopic (exact) mass is 238 g/mol. The van der Waals surface area contributed by atoms with E-state index in [1.54, 1.807) is 6.20 Å². The standard InChI is InChI=1S/C11H15ClN4/c1-2-10-15-9-6-8(12)7-14-11(9)16(10)5-3-4-13/h6-7H,2-5,13H2,1H3. The van der Waals surface area contributed by atoms with E-state index in [0.29, 0.717) is 11.6 Å². The van der Waals surface area contributed by atoms with Gasteiger partial charge in [0.1, 0.15) is 11.3 Å². The lowest BCUT2D eigenvalue weighted by molar-refractivity contribution is 0.632. The second kappa shape index (κ2) is 4.80. The minimum absolute atomic E-state index is 0.624. The third kappa shape index (κ3) is 2.03. The number of pyridine rings is 1. The number of hydrogen-bond donors (Lipinski definition) is 1. The summed E-state index contributed by atoms with van der Waals surface area (Å²) in [5.74, 6) is 1.04. The van der Waals surface area contributed by atoms with Gasteiger partial charge in [-0.25, -0.2) is 9.97 Å². The van der Waals surface area contributed by atoms with Crippen molar-refractivity contribution in [3.05, 3.63) is 23.1 Å². The number of rotatable bonds is 4. The minimum atomic E-state index is 0.624. The first kappa shape index (κ1) is 11.4. The van der Waals surface area contributed by atoms with E-state index in [9.17, 15) is 0 Å². The van der Waals surface area contributed by atoms with Crippen molar-refractivity contribution < 1.29 is 0 Å². The molecule has 2 rings (SSSR count). The predicted octanol–water partition coefficient (Wildman–Crippen LogP) is 2.00. The Hall–Kier alpha value is -1.13. The smallest absolute Gasteiger partial charge is 0.160 e. The third-order valence-electron chi connectivity index (χ3n) is 2.53. The normalized spacial score (nSPS) is 11.2. The molecular weight excluding hydrogens is 224 g/mol. The van der Waals surface area contributed by atoms with Crippen molar-refractivity contribution in [2.24, 2.45) is 5.73 Å². The van der Waals surface area contributed by atoms with Crippen LogP contribution in [0.2, 0.25) is 5.02 Å². The number of aryl methyl sites for hydroxylation is 2. The van der Waals surface area contributed by atoms with Crippen molar-refractivity contribution in [1.82, 2.24) is 14.5 Å².